The van der Waals surface area contributed by atoms with Gasteiger partial charge in [0, 0.05) is 31.7 Å². The first kappa shape index (κ1) is 17.1. The van der Waals surface area contributed by atoms with Crippen molar-refractivity contribution in [3.8, 4) is 5.75 Å². The van der Waals surface area contributed by atoms with E-state index in [1.54, 1.807) is 16.9 Å². The maximum absolute atomic E-state index is 12.6. The Labute approximate surface area is 137 Å². The number of rotatable bonds is 6. The van der Waals surface area contributed by atoms with Gasteiger partial charge in [-0.2, -0.15) is 0 Å². The van der Waals surface area contributed by atoms with Gasteiger partial charge in [0.15, 0.2) is 0 Å². The first-order valence-corrected chi connectivity index (χ1v) is 7.83. The third kappa shape index (κ3) is 3.92. The lowest BCUT2D eigenvalue weighted by Gasteiger charge is -2.24. The van der Waals surface area contributed by atoms with Crippen LogP contribution in [0.4, 0.5) is 5.69 Å². The van der Waals surface area contributed by atoms with E-state index in [0.29, 0.717) is 19.6 Å². The van der Waals surface area contributed by atoms with Crippen LogP contribution in [0.3, 0.4) is 0 Å². The second-order valence-corrected chi connectivity index (χ2v) is 5.91. The molecule has 2 rings (SSSR count). The summed E-state index contributed by atoms with van der Waals surface area (Å²) < 4.78 is 5.13. The summed E-state index contributed by atoms with van der Waals surface area (Å²) in [5.41, 5.74) is 1.74. The molecule has 1 aromatic carbocycles. The minimum atomic E-state index is -0.288. The monoisotopic (exact) mass is 316 g/mol. The highest BCUT2D eigenvalue weighted by Gasteiger charge is 2.36. The van der Waals surface area contributed by atoms with Gasteiger partial charge in [-0.1, -0.05) is 12.2 Å². The molecule has 1 unspecified atom stereocenters. The van der Waals surface area contributed by atoms with Crippen LogP contribution >= 0.6 is 0 Å². The van der Waals surface area contributed by atoms with Gasteiger partial charge in [0.1, 0.15) is 5.75 Å². The quantitative estimate of drug-likeness (QED) is 0.758. The standard InChI is InChI=1S/C18H24N2O3/c1-5-19(11-13(2)3)18(22)14-10-17(21)20(12-14)15-6-8-16(23-4)9-7-15/h6-9,14H,2,5,10-12H2,1,3-4H3. The summed E-state index contributed by atoms with van der Waals surface area (Å²) in [6.07, 6.45) is 0.261. The third-order valence-corrected chi connectivity index (χ3v) is 4.01. The molecule has 1 aromatic rings. The van der Waals surface area contributed by atoms with Crippen LogP contribution < -0.4 is 9.64 Å². The van der Waals surface area contributed by atoms with E-state index in [1.807, 2.05) is 38.1 Å². The number of likely N-dealkylation sites (N-methyl/N-ethyl adjacent to an activating group) is 1. The second-order valence-electron chi connectivity index (χ2n) is 5.91. The molecule has 0 bridgehead atoms. The number of nitrogens with zero attached hydrogens (tertiary/aromatic N) is 2. The Morgan fingerprint density at radius 1 is 1.39 bits per heavy atom. The predicted molar refractivity (Wildman–Crippen MR) is 90.5 cm³/mol. The normalized spacial score (nSPS) is 17.3. The topological polar surface area (TPSA) is 49.9 Å². The molecular weight excluding hydrogens is 292 g/mol. The van der Waals surface area contributed by atoms with Crippen molar-refractivity contribution < 1.29 is 14.3 Å². The van der Waals surface area contributed by atoms with Crippen LogP contribution in [0.2, 0.25) is 0 Å². The molecule has 1 fully saturated rings. The number of hydrogen-bond acceptors (Lipinski definition) is 3. The summed E-state index contributed by atoms with van der Waals surface area (Å²) in [4.78, 5) is 28.3. The van der Waals surface area contributed by atoms with Crippen molar-refractivity contribution in [3.63, 3.8) is 0 Å². The van der Waals surface area contributed by atoms with E-state index in [2.05, 4.69) is 6.58 Å². The maximum Gasteiger partial charge on any atom is 0.228 e. The van der Waals surface area contributed by atoms with Gasteiger partial charge in [0.2, 0.25) is 11.8 Å². The van der Waals surface area contributed by atoms with E-state index < -0.39 is 0 Å². The minimum absolute atomic E-state index is 0.0140. The Bertz CT molecular complexity index is 595. The summed E-state index contributed by atoms with van der Waals surface area (Å²) in [5, 5.41) is 0. The zero-order chi connectivity index (χ0) is 17.0. The van der Waals surface area contributed by atoms with Crippen LogP contribution in [0.5, 0.6) is 5.75 Å². The molecule has 0 aromatic heterocycles. The highest BCUT2D eigenvalue weighted by Crippen LogP contribution is 2.27. The SMILES string of the molecule is C=C(C)CN(CC)C(=O)C1CC(=O)N(c2ccc(OC)cc2)C1. The summed E-state index contributed by atoms with van der Waals surface area (Å²) in [7, 11) is 1.60. The Balaban J connectivity index is 2.09. The molecule has 5 nitrogen and oxygen atoms in total. The number of methoxy groups -OCH3 is 1. The summed E-state index contributed by atoms with van der Waals surface area (Å²) >= 11 is 0. The molecule has 1 aliphatic rings. The Kier molecular flexibility index (Phi) is 5.42. The molecule has 0 saturated carbocycles. The Morgan fingerprint density at radius 3 is 2.57 bits per heavy atom. The lowest BCUT2D eigenvalue weighted by atomic mass is 10.1. The van der Waals surface area contributed by atoms with Gasteiger partial charge in [0.25, 0.3) is 0 Å². The molecule has 0 N–H and O–H groups in total. The molecule has 0 spiro atoms. The first-order chi connectivity index (χ1) is 11.0. The molecule has 2 amide bonds. The molecule has 5 heteroatoms. The molecule has 124 valence electrons. The van der Waals surface area contributed by atoms with Crippen molar-refractivity contribution in [3.05, 3.63) is 36.4 Å². The molecular formula is C18H24N2O3. The smallest absolute Gasteiger partial charge is 0.228 e. The number of hydrogen-bond donors (Lipinski definition) is 0. The molecule has 1 heterocycles. The highest BCUT2D eigenvalue weighted by molar-refractivity contribution is 6.00. The second kappa shape index (κ2) is 7.31. The van der Waals surface area contributed by atoms with Crippen molar-refractivity contribution >= 4 is 17.5 Å². The van der Waals surface area contributed by atoms with Crippen LogP contribution in [0.25, 0.3) is 0 Å². The number of anilines is 1. The third-order valence-electron chi connectivity index (χ3n) is 4.01. The lowest BCUT2D eigenvalue weighted by molar-refractivity contribution is -0.135. The zero-order valence-electron chi connectivity index (χ0n) is 14.0. The zero-order valence-corrected chi connectivity index (χ0v) is 14.0. The van der Waals surface area contributed by atoms with Crippen molar-refractivity contribution in [2.24, 2.45) is 5.92 Å². The highest BCUT2D eigenvalue weighted by atomic mass is 16.5. The minimum Gasteiger partial charge on any atom is -0.497 e. The fraction of sp³-hybridized carbons (Fsp3) is 0.444. The fourth-order valence-corrected chi connectivity index (χ4v) is 2.81. The number of ether oxygens (including phenoxy) is 1. The van der Waals surface area contributed by atoms with Gasteiger partial charge in [-0.25, -0.2) is 0 Å². The summed E-state index contributed by atoms with van der Waals surface area (Å²) in [6.45, 7) is 9.30. The number of benzene rings is 1. The average Bonchev–Trinajstić information content (AvgIpc) is 2.93. The van der Waals surface area contributed by atoms with Crippen LogP contribution in [0, 0.1) is 5.92 Å². The van der Waals surface area contributed by atoms with Gasteiger partial charge in [-0.05, 0) is 38.1 Å². The van der Waals surface area contributed by atoms with Gasteiger partial charge in [-0.15, -0.1) is 0 Å². The predicted octanol–water partition coefficient (Wildman–Crippen LogP) is 2.47. The van der Waals surface area contributed by atoms with Crippen molar-refractivity contribution in [2.45, 2.75) is 20.3 Å². The van der Waals surface area contributed by atoms with E-state index >= 15 is 0 Å². The van der Waals surface area contributed by atoms with Gasteiger partial charge >= 0.3 is 0 Å². The summed E-state index contributed by atoms with van der Waals surface area (Å²) in [6, 6.07) is 7.32. The number of carbonyl (C=O) groups excluding carboxylic acids is 2. The fourth-order valence-electron chi connectivity index (χ4n) is 2.81. The van der Waals surface area contributed by atoms with E-state index in [-0.39, 0.29) is 24.2 Å². The molecule has 23 heavy (non-hydrogen) atoms. The summed E-state index contributed by atoms with van der Waals surface area (Å²) in [5.74, 6) is 0.468. The van der Waals surface area contributed by atoms with Crippen LogP contribution in [-0.2, 0) is 9.59 Å². The van der Waals surface area contributed by atoms with Crippen molar-refractivity contribution in [1.82, 2.24) is 4.90 Å². The average molecular weight is 316 g/mol. The lowest BCUT2D eigenvalue weighted by Crippen LogP contribution is -2.38. The van der Waals surface area contributed by atoms with Gasteiger partial charge in [0.05, 0.1) is 13.0 Å². The van der Waals surface area contributed by atoms with E-state index in [0.717, 1.165) is 17.0 Å². The van der Waals surface area contributed by atoms with Gasteiger partial charge < -0.3 is 14.5 Å². The number of carbonyl (C=O) groups is 2. The molecule has 1 atom stereocenters. The number of amides is 2. The van der Waals surface area contributed by atoms with Gasteiger partial charge in [-0.3, -0.25) is 9.59 Å². The largest absolute Gasteiger partial charge is 0.497 e. The molecule has 0 radical (unpaired) electrons. The Hall–Kier alpha value is -2.30. The van der Waals surface area contributed by atoms with Crippen molar-refractivity contribution in [1.29, 1.82) is 0 Å². The van der Waals surface area contributed by atoms with E-state index in [1.165, 1.54) is 0 Å². The van der Waals surface area contributed by atoms with Crippen LogP contribution in [0.1, 0.15) is 20.3 Å². The van der Waals surface area contributed by atoms with Crippen LogP contribution in [0.15, 0.2) is 36.4 Å². The van der Waals surface area contributed by atoms with E-state index in [9.17, 15) is 9.59 Å². The maximum atomic E-state index is 12.6. The van der Waals surface area contributed by atoms with E-state index in [4.69, 9.17) is 4.74 Å². The van der Waals surface area contributed by atoms with Crippen molar-refractivity contribution in [2.75, 3.05) is 31.6 Å². The molecule has 1 saturated heterocycles. The first-order valence-electron chi connectivity index (χ1n) is 7.83. The molecule has 0 aliphatic carbocycles. The molecule has 1 aliphatic heterocycles. The van der Waals surface area contributed by atoms with Crippen LogP contribution in [-0.4, -0.2) is 43.5 Å². The Morgan fingerprint density at radius 2 is 2.04 bits per heavy atom.